The zero-order valence-electron chi connectivity index (χ0n) is 10.7. The lowest BCUT2D eigenvalue weighted by Gasteiger charge is -2.09. The Morgan fingerprint density at radius 2 is 2.41 bits per heavy atom. The van der Waals surface area contributed by atoms with Crippen molar-refractivity contribution in [3.8, 4) is 0 Å². The fourth-order valence-electron chi connectivity index (χ4n) is 1.63. The maximum atomic E-state index is 9.44. The maximum absolute atomic E-state index is 9.44. The average Bonchev–Trinajstić information content (AvgIpc) is 2.73. The highest BCUT2D eigenvalue weighted by atomic mass is 16.5. The van der Waals surface area contributed by atoms with Crippen molar-refractivity contribution < 1.29 is 9.84 Å². The van der Waals surface area contributed by atoms with Gasteiger partial charge in [-0.2, -0.15) is 5.10 Å². The van der Waals surface area contributed by atoms with Crippen molar-refractivity contribution in [3.63, 3.8) is 0 Å². The van der Waals surface area contributed by atoms with Crippen LogP contribution in [-0.2, 0) is 17.8 Å². The summed E-state index contributed by atoms with van der Waals surface area (Å²) < 4.78 is 6.81. The number of hydrogen-bond acceptors (Lipinski definition) is 4. The molecule has 0 radical (unpaired) electrons. The van der Waals surface area contributed by atoms with Gasteiger partial charge in [-0.3, -0.25) is 4.68 Å². The molecule has 0 bridgehead atoms. The lowest BCUT2D eigenvalue weighted by molar-refractivity contribution is 0.0594. The summed E-state index contributed by atoms with van der Waals surface area (Å²) in [4.78, 5) is 0. The van der Waals surface area contributed by atoms with Crippen molar-refractivity contribution in [2.24, 2.45) is 0 Å². The van der Waals surface area contributed by atoms with E-state index in [4.69, 9.17) is 4.74 Å². The van der Waals surface area contributed by atoms with Gasteiger partial charge >= 0.3 is 0 Å². The van der Waals surface area contributed by atoms with Crippen LogP contribution in [0.4, 0.5) is 0 Å². The number of nitrogens with one attached hydrogen (secondary N) is 1. The number of aliphatic hydroxyl groups excluding tert-OH is 1. The van der Waals surface area contributed by atoms with Crippen LogP contribution in [0.5, 0.6) is 0 Å². The van der Waals surface area contributed by atoms with Crippen molar-refractivity contribution in [1.29, 1.82) is 0 Å². The Kier molecular flexibility index (Phi) is 6.84. The first kappa shape index (κ1) is 14.2. The zero-order valence-corrected chi connectivity index (χ0v) is 10.7. The third-order valence-electron chi connectivity index (χ3n) is 2.48. The van der Waals surface area contributed by atoms with E-state index in [9.17, 15) is 5.11 Å². The van der Waals surface area contributed by atoms with E-state index in [0.29, 0.717) is 13.0 Å². The Balaban J connectivity index is 2.13. The number of aryl methyl sites for hydroxylation is 1. The van der Waals surface area contributed by atoms with Crippen LogP contribution in [0.25, 0.3) is 0 Å². The van der Waals surface area contributed by atoms with Crippen LogP contribution in [0.3, 0.4) is 0 Å². The number of nitrogens with zero attached hydrogens (tertiary/aromatic N) is 2. The van der Waals surface area contributed by atoms with Gasteiger partial charge in [0, 0.05) is 32.0 Å². The first-order chi connectivity index (χ1) is 8.26. The molecule has 0 aromatic carbocycles. The smallest absolute Gasteiger partial charge is 0.0785 e. The van der Waals surface area contributed by atoms with E-state index in [1.54, 1.807) is 7.11 Å². The van der Waals surface area contributed by atoms with Gasteiger partial charge in [-0.05, 0) is 19.4 Å². The van der Waals surface area contributed by atoms with E-state index in [2.05, 4.69) is 23.5 Å². The highest BCUT2D eigenvalue weighted by Gasteiger charge is 2.02. The fourth-order valence-corrected chi connectivity index (χ4v) is 1.63. The Hall–Kier alpha value is -0.910. The molecule has 0 fully saturated rings. The van der Waals surface area contributed by atoms with Crippen LogP contribution in [0.1, 0.15) is 25.3 Å². The van der Waals surface area contributed by atoms with Crippen molar-refractivity contribution in [2.45, 2.75) is 39.0 Å². The summed E-state index contributed by atoms with van der Waals surface area (Å²) in [5, 5.41) is 17.0. The van der Waals surface area contributed by atoms with Gasteiger partial charge in [0.1, 0.15) is 0 Å². The Morgan fingerprint density at radius 1 is 1.59 bits per heavy atom. The Labute approximate surface area is 103 Å². The lowest BCUT2D eigenvalue weighted by Crippen LogP contribution is -2.22. The van der Waals surface area contributed by atoms with Gasteiger partial charge < -0.3 is 15.2 Å². The molecule has 0 saturated heterocycles. The number of ether oxygens (including phenoxy) is 1. The molecule has 1 rings (SSSR count). The number of hydrogen-bond donors (Lipinski definition) is 2. The molecule has 17 heavy (non-hydrogen) atoms. The maximum Gasteiger partial charge on any atom is 0.0785 e. The second-order valence-electron chi connectivity index (χ2n) is 4.19. The third-order valence-corrected chi connectivity index (χ3v) is 2.48. The first-order valence-corrected chi connectivity index (χ1v) is 6.15. The topological polar surface area (TPSA) is 59.3 Å². The van der Waals surface area contributed by atoms with E-state index in [0.717, 1.165) is 26.1 Å². The van der Waals surface area contributed by atoms with Gasteiger partial charge in [0.25, 0.3) is 0 Å². The molecule has 1 unspecified atom stereocenters. The fraction of sp³-hybridized carbons (Fsp3) is 0.750. The minimum absolute atomic E-state index is 0.379. The van der Waals surface area contributed by atoms with Crippen LogP contribution >= 0.6 is 0 Å². The van der Waals surface area contributed by atoms with Gasteiger partial charge in [0.05, 0.1) is 18.9 Å². The van der Waals surface area contributed by atoms with Crippen molar-refractivity contribution in [3.05, 3.63) is 18.0 Å². The van der Waals surface area contributed by atoms with E-state index in [1.807, 2.05) is 10.9 Å². The van der Waals surface area contributed by atoms with Crippen molar-refractivity contribution in [2.75, 3.05) is 20.3 Å². The standard InChI is InChI=1S/C12H23N3O2/c1-3-6-15-9-11(8-14-15)7-13-5-4-12(16)10-17-2/h8-9,12-13,16H,3-7,10H2,1-2H3. The summed E-state index contributed by atoms with van der Waals surface area (Å²) in [6.45, 7) is 5.08. The summed E-state index contributed by atoms with van der Waals surface area (Å²) in [5.74, 6) is 0. The molecule has 1 atom stereocenters. The predicted molar refractivity (Wildman–Crippen MR) is 66.7 cm³/mol. The summed E-state index contributed by atoms with van der Waals surface area (Å²) in [6.07, 6.45) is 5.36. The third kappa shape index (κ3) is 5.81. The summed E-state index contributed by atoms with van der Waals surface area (Å²) >= 11 is 0. The molecule has 1 heterocycles. The normalized spacial score (nSPS) is 12.9. The van der Waals surface area contributed by atoms with E-state index < -0.39 is 0 Å². The van der Waals surface area contributed by atoms with E-state index >= 15 is 0 Å². The Bertz CT molecular complexity index is 302. The lowest BCUT2D eigenvalue weighted by atomic mass is 10.2. The molecule has 98 valence electrons. The van der Waals surface area contributed by atoms with Gasteiger partial charge in [-0.1, -0.05) is 6.92 Å². The molecule has 0 aliphatic carbocycles. The monoisotopic (exact) mass is 241 g/mol. The molecule has 1 aromatic heterocycles. The van der Waals surface area contributed by atoms with E-state index in [-0.39, 0.29) is 6.10 Å². The molecular weight excluding hydrogens is 218 g/mol. The van der Waals surface area contributed by atoms with Gasteiger partial charge in [-0.25, -0.2) is 0 Å². The minimum Gasteiger partial charge on any atom is -0.391 e. The number of rotatable bonds is 9. The Morgan fingerprint density at radius 3 is 3.12 bits per heavy atom. The van der Waals surface area contributed by atoms with Crippen molar-refractivity contribution >= 4 is 0 Å². The van der Waals surface area contributed by atoms with Crippen LogP contribution in [-0.4, -0.2) is 41.3 Å². The van der Waals surface area contributed by atoms with Crippen LogP contribution in [0.2, 0.25) is 0 Å². The minimum atomic E-state index is -0.379. The summed E-state index contributed by atoms with van der Waals surface area (Å²) in [6, 6.07) is 0. The molecule has 0 spiro atoms. The largest absolute Gasteiger partial charge is 0.391 e. The molecule has 0 aliphatic heterocycles. The number of aliphatic hydroxyl groups is 1. The molecule has 0 aliphatic rings. The highest BCUT2D eigenvalue weighted by molar-refractivity contribution is 5.03. The molecule has 0 saturated carbocycles. The summed E-state index contributed by atoms with van der Waals surface area (Å²) in [7, 11) is 1.60. The second kappa shape index (κ2) is 8.22. The van der Waals surface area contributed by atoms with Crippen LogP contribution < -0.4 is 5.32 Å². The average molecular weight is 241 g/mol. The number of aromatic nitrogens is 2. The summed E-state index contributed by atoms with van der Waals surface area (Å²) in [5.41, 5.74) is 1.18. The molecular formula is C12H23N3O2. The predicted octanol–water partition coefficient (Wildman–Crippen LogP) is 0.780. The van der Waals surface area contributed by atoms with Gasteiger partial charge in [-0.15, -0.1) is 0 Å². The molecule has 5 nitrogen and oxygen atoms in total. The molecule has 2 N–H and O–H groups in total. The molecule has 0 amide bonds. The van der Waals surface area contributed by atoms with Gasteiger partial charge in [0.15, 0.2) is 0 Å². The van der Waals surface area contributed by atoms with Crippen LogP contribution in [0, 0.1) is 0 Å². The SMILES string of the molecule is CCCn1cc(CNCCC(O)COC)cn1. The van der Waals surface area contributed by atoms with E-state index in [1.165, 1.54) is 5.56 Å². The molecule has 5 heteroatoms. The van der Waals surface area contributed by atoms with Crippen LogP contribution in [0.15, 0.2) is 12.4 Å². The second-order valence-corrected chi connectivity index (χ2v) is 4.19. The zero-order chi connectivity index (χ0) is 12.5. The molecule has 1 aromatic rings. The quantitative estimate of drug-likeness (QED) is 0.627. The van der Waals surface area contributed by atoms with Gasteiger partial charge in [0.2, 0.25) is 0 Å². The van der Waals surface area contributed by atoms with Crippen molar-refractivity contribution in [1.82, 2.24) is 15.1 Å². The number of methoxy groups -OCH3 is 1. The first-order valence-electron chi connectivity index (χ1n) is 6.15. The highest BCUT2D eigenvalue weighted by Crippen LogP contribution is 1.98.